The van der Waals surface area contributed by atoms with E-state index in [1.807, 2.05) is 155 Å². The lowest BCUT2D eigenvalue weighted by molar-refractivity contribution is -0.121. The molecule has 11 heteroatoms. The summed E-state index contributed by atoms with van der Waals surface area (Å²) in [5.74, 6) is -0.00473. The molecular formula is C50H43ClN6O2S2. The van der Waals surface area contributed by atoms with E-state index < -0.39 is 9.74 Å². The van der Waals surface area contributed by atoms with E-state index in [-0.39, 0.29) is 26.7 Å². The van der Waals surface area contributed by atoms with E-state index >= 15 is 0 Å². The fourth-order valence-electron chi connectivity index (χ4n) is 7.96. The Morgan fingerprint density at radius 2 is 0.951 bits per heavy atom. The molecule has 7 aromatic carbocycles. The number of nitrogens with zero attached hydrogens (tertiary/aromatic N) is 4. The Morgan fingerprint density at radius 1 is 0.492 bits per heavy atom. The molecule has 7 aromatic rings. The number of nitrogens with one attached hydrogen (secondary N) is 2. The molecule has 8 nitrogen and oxygen atoms in total. The van der Waals surface area contributed by atoms with Crippen molar-refractivity contribution in [3.8, 4) is 0 Å². The Morgan fingerprint density at radius 3 is 1.48 bits per heavy atom. The van der Waals surface area contributed by atoms with Gasteiger partial charge in [-0.15, -0.1) is 0 Å². The van der Waals surface area contributed by atoms with Crippen molar-refractivity contribution in [3.05, 3.63) is 214 Å². The Balaban J connectivity index is 0.000000164. The molecule has 2 unspecified atom stereocenters. The summed E-state index contributed by atoms with van der Waals surface area (Å²) in [6.07, 6.45) is 0. The summed E-state index contributed by atoms with van der Waals surface area (Å²) < 4.78 is 0. The Labute approximate surface area is 369 Å². The van der Waals surface area contributed by atoms with Gasteiger partial charge in [0.2, 0.25) is 9.74 Å². The number of amides is 2. The number of anilines is 2. The van der Waals surface area contributed by atoms with Crippen LogP contribution in [0.25, 0.3) is 10.8 Å². The van der Waals surface area contributed by atoms with E-state index in [1.54, 1.807) is 0 Å². The van der Waals surface area contributed by atoms with Crippen molar-refractivity contribution < 1.29 is 9.59 Å². The first-order chi connectivity index (χ1) is 28.9. The fraction of sp³-hybridized carbons (Fsp3) is 0.120. The lowest BCUT2D eigenvalue weighted by Gasteiger charge is -2.23. The van der Waals surface area contributed by atoms with Crippen molar-refractivity contribution in [2.75, 3.05) is 9.80 Å². The molecule has 2 N–H and O–H groups in total. The molecule has 4 aliphatic rings. The topological polar surface area (TPSA) is 89.4 Å². The van der Waals surface area contributed by atoms with Gasteiger partial charge in [0.05, 0.1) is 24.5 Å². The van der Waals surface area contributed by atoms with Gasteiger partial charge in [-0.1, -0.05) is 196 Å². The van der Waals surface area contributed by atoms with Crippen molar-refractivity contribution in [1.29, 1.82) is 0 Å². The molecule has 0 aromatic heterocycles. The molecule has 0 saturated carbocycles. The quantitative estimate of drug-likeness (QED) is 0.173. The van der Waals surface area contributed by atoms with Crippen LogP contribution in [0.1, 0.15) is 48.2 Å². The van der Waals surface area contributed by atoms with E-state index in [1.165, 1.54) is 34.3 Å². The third-order valence-electron chi connectivity index (χ3n) is 10.8. The number of rotatable bonds is 6. The van der Waals surface area contributed by atoms with Crippen LogP contribution in [0.2, 0.25) is 5.02 Å². The van der Waals surface area contributed by atoms with Crippen LogP contribution >= 0.6 is 35.1 Å². The number of hydrogen-bond donors (Lipinski definition) is 2. The van der Waals surface area contributed by atoms with E-state index in [9.17, 15) is 9.59 Å². The van der Waals surface area contributed by atoms with E-state index in [2.05, 4.69) is 51.4 Å². The van der Waals surface area contributed by atoms with Gasteiger partial charge < -0.3 is 9.80 Å². The molecular weight excluding hydrogens is 816 g/mol. The summed E-state index contributed by atoms with van der Waals surface area (Å²) >= 11 is 9.09. The first kappa shape index (κ1) is 41.4. The van der Waals surface area contributed by atoms with Crippen LogP contribution in [-0.2, 0) is 32.4 Å². The second kappa shape index (κ2) is 17.0. The van der Waals surface area contributed by atoms with Gasteiger partial charge >= 0.3 is 0 Å². The van der Waals surface area contributed by atoms with Gasteiger partial charge in [0, 0.05) is 27.3 Å². The van der Waals surface area contributed by atoms with E-state index in [0.717, 1.165) is 54.8 Å². The Hall–Kier alpha value is -6.33. The zero-order valence-corrected chi connectivity index (χ0v) is 33.8. The minimum absolute atomic E-state index is 0. The average Bonchev–Trinajstić information content (AvgIpc) is 4.04. The summed E-state index contributed by atoms with van der Waals surface area (Å²) in [4.78, 5) is 29.2. The minimum Gasteiger partial charge on any atom is -0.304 e. The first-order valence-corrected chi connectivity index (χ1v) is 21.2. The van der Waals surface area contributed by atoms with Crippen molar-refractivity contribution in [1.82, 2.24) is 10.9 Å². The van der Waals surface area contributed by atoms with Crippen LogP contribution in [0, 0.1) is 0 Å². The molecule has 11 rings (SSSR count). The molecule has 2 amide bonds. The number of hydrazone groups is 2. The highest BCUT2D eigenvalue weighted by Gasteiger charge is 2.56. The summed E-state index contributed by atoms with van der Waals surface area (Å²) in [5.41, 5.74) is 14.2. The Bertz CT molecular complexity index is 2840. The standard InChI is InChI=1S/C26H19N3OS.C22H16ClN3OS.2CH4/c30-25-26(28-27-24(31-26)20-9-2-1-3-10-20)22-12-6-7-13-23(22)29(25)17-18-14-15-19-8-4-5-11-21(19)16-18;23-17-10-6-7-15(13-17)14-26-19-12-5-4-11-18(19)22(21(26)27)25-24-20(28-22)16-8-2-1-3-9-16;;/h1-16,28H,17H2;1-13,25H,14H2;2*1H4. The maximum Gasteiger partial charge on any atom is 0.270 e. The van der Waals surface area contributed by atoms with Crippen LogP contribution < -0.4 is 20.7 Å². The molecule has 61 heavy (non-hydrogen) atoms. The Kier molecular flexibility index (Phi) is 11.5. The summed E-state index contributed by atoms with van der Waals surface area (Å²) in [6, 6.07) is 58.1. The molecule has 2 spiro atoms. The molecule has 4 aliphatic heterocycles. The number of fused-ring (bicyclic) bond motifs is 5. The highest BCUT2D eigenvalue weighted by atomic mass is 35.5. The maximum atomic E-state index is 13.8. The van der Waals surface area contributed by atoms with Crippen LogP contribution in [0.15, 0.2) is 186 Å². The normalized spacial score (nSPS) is 19.2. The predicted octanol–water partition coefficient (Wildman–Crippen LogP) is 11.2. The van der Waals surface area contributed by atoms with Crippen LogP contribution in [0.3, 0.4) is 0 Å². The van der Waals surface area contributed by atoms with Crippen LogP contribution in [0.4, 0.5) is 11.4 Å². The van der Waals surface area contributed by atoms with Gasteiger partial charge in [-0.2, -0.15) is 10.2 Å². The number of halogens is 1. The molecule has 0 radical (unpaired) electrons. The van der Waals surface area contributed by atoms with Crippen molar-refractivity contribution in [3.63, 3.8) is 0 Å². The molecule has 2 atom stereocenters. The summed E-state index contributed by atoms with van der Waals surface area (Å²) in [7, 11) is 0. The smallest absolute Gasteiger partial charge is 0.270 e. The minimum atomic E-state index is -0.930. The second-order valence-electron chi connectivity index (χ2n) is 14.5. The van der Waals surface area contributed by atoms with Crippen LogP contribution in [-0.4, -0.2) is 21.9 Å². The zero-order chi connectivity index (χ0) is 40.0. The largest absolute Gasteiger partial charge is 0.304 e. The number of thioether (sulfide) groups is 2. The molecule has 0 aliphatic carbocycles. The number of para-hydroxylation sites is 2. The number of hydrogen-bond acceptors (Lipinski definition) is 8. The molecule has 4 heterocycles. The number of carbonyl (C=O) groups is 2. The third kappa shape index (κ3) is 7.35. The summed E-state index contributed by atoms with van der Waals surface area (Å²) in [5, 5.41) is 13.7. The second-order valence-corrected chi connectivity index (χ2v) is 17.3. The van der Waals surface area contributed by atoms with Gasteiger partial charge in [0.15, 0.2) is 0 Å². The van der Waals surface area contributed by atoms with Gasteiger partial charge in [-0.25, -0.2) is 0 Å². The van der Waals surface area contributed by atoms with Gasteiger partial charge in [0.25, 0.3) is 11.8 Å². The highest BCUT2D eigenvalue weighted by molar-refractivity contribution is 8.16. The average molecular weight is 860 g/mol. The number of benzene rings is 7. The van der Waals surface area contributed by atoms with Gasteiger partial charge in [-0.05, 0) is 52.2 Å². The molecule has 304 valence electrons. The van der Waals surface area contributed by atoms with E-state index in [0.29, 0.717) is 18.1 Å². The third-order valence-corrected chi connectivity index (χ3v) is 13.7. The molecule has 0 fully saturated rings. The van der Waals surface area contributed by atoms with Gasteiger partial charge in [-0.3, -0.25) is 20.4 Å². The van der Waals surface area contributed by atoms with E-state index in [4.69, 9.17) is 11.6 Å². The predicted molar refractivity (Wildman–Crippen MR) is 255 cm³/mol. The van der Waals surface area contributed by atoms with Crippen molar-refractivity contribution >= 4 is 79.2 Å². The van der Waals surface area contributed by atoms with Crippen molar-refractivity contribution in [2.45, 2.75) is 37.7 Å². The van der Waals surface area contributed by atoms with Crippen LogP contribution in [0.5, 0.6) is 0 Å². The lowest BCUT2D eigenvalue weighted by atomic mass is 10.1. The highest BCUT2D eigenvalue weighted by Crippen LogP contribution is 2.52. The zero-order valence-electron chi connectivity index (χ0n) is 31.5. The lowest BCUT2D eigenvalue weighted by Crippen LogP contribution is -2.44. The fourth-order valence-corrected chi connectivity index (χ4v) is 10.6. The maximum absolute atomic E-state index is 13.8. The first-order valence-electron chi connectivity index (χ1n) is 19.2. The number of carbonyl (C=O) groups excluding carboxylic acids is 2. The molecule has 0 bridgehead atoms. The molecule has 0 saturated heterocycles. The van der Waals surface area contributed by atoms with Gasteiger partial charge in [0.1, 0.15) is 10.1 Å². The summed E-state index contributed by atoms with van der Waals surface area (Å²) in [6.45, 7) is 0.979. The van der Waals surface area contributed by atoms with Crippen molar-refractivity contribution in [2.24, 2.45) is 10.2 Å². The SMILES string of the molecule is C.C.O=C1N(Cc2ccc3ccccc3c2)c2ccccc2C12NN=C(c1ccccc1)S2.O=C1N(Cc2cccc(Cl)c2)c2ccccc2C12NN=C(c1ccccc1)S2. The monoisotopic (exact) mass is 858 g/mol.